The molecule has 4 atom stereocenters. The summed E-state index contributed by atoms with van der Waals surface area (Å²) in [6, 6.07) is -0.909. The van der Waals surface area contributed by atoms with Crippen molar-refractivity contribution in [2.75, 3.05) is 12.3 Å². The number of hydrogen-bond donors (Lipinski definition) is 3. The van der Waals surface area contributed by atoms with Gasteiger partial charge in [-0.2, -0.15) is 14.4 Å². The molecule has 3 heterocycles. The van der Waals surface area contributed by atoms with E-state index in [9.17, 15) is 19.1 Å². The van der Waals surface area contributed by atoms with Gasteiger partial charge in [-0.1, -0.05) is 32.1 Å². The fourth-order valence-corrected chi connectivity index (χ4v) is 4.09. The number of carbonyl (C=O) groups excluding carboxylic acids is 2. The first-order valence-corrected chi connectivity index (χ1v) is 11.5. The van der Waals surface area contributed by atoms with Crippen molar-refractivity contribution in [1.82, 2.24) is 24.8 Å². The molecule has 0 aromatic carbocycles. The monoisotopic (exact) mass is 490 g/mol. The van der Waals surface area contributed by atoms with Crippen molar-refractivity contribution in [3.05, 3.63) is 12.4 Å². The molecule has 2 aromatic rings. The van der Waals surface area contributed by atoms with Crippen LogP contribution in [0.15, 0.2) is 6.33 Å². The molecule has 1 saturated heterocycles. The standard InChI is InChI=1S/C23H31FN6O5/c1-5-7-8-9-10-16(32)27-14(3)20(33)34-12-23(6-2)15(31)11-22(4,35-23)30-13-26-17-18(25)28-21(24)29-19(17)30/h2,13-15,31H,5,7-12H2,1,3-4H3,(H,27,32)(H2,25,28,29)/t14-,15-,22+,23+/m0/s1. The van der Waals surface area contributed by atoms with Crippen molar-refractivity contribution >= 4 is 28.9 Å². The van der Waals surface area contributed by atoms with Crippen LogP contribution in [0.1, 0.15) is 59.3 Å². The third kappa shape index (κ3) is 5.52. The Bertz CT molecular complexity index is 1130. The number of nitrogen functional groups attached to an aromatic ring is 1. The largest absolute Gasteiger partial charge is 0.460 e. The number of terminal acetylenes is 1. The number of fused-ring (bicyclic) bond motifs is 1. The number of aliphatic hydroxyl groups excluding tert-OH is 1. The number of carbonyl (C=O) groups is 2. The van der Waals surface area contributed by atoms with E-state index in [2.05, 4.69) is 33.1 Å². The zero-order chi connectivity index (χ0) is 25.8. The van der Waals surface area contributed by atoms with Gasteiger partial charge in [-0.05, 0) is 20.3 Å². The van der Waals surface area contributed by atoms with Crippen LogP contribution in [0.5, 0.6) is 0 Å². The molecule has 2 aromatic heterocycles. The van der Waals surface area contributed by atoms with Crippen LogP contribution >= 0.6 is 0 Å². The molecule has 12 heteroatoms. The third-order valence-corrected chi connectivity index (χ3v) is 6.08. The van der Waals surface area contributed by atoms with Crippen molar-refractivity contribution in [2.45, 2.75) is 82.8 Å². The lowest BCUT2D eigenvalue weighted by atomic mass is 9.97. The fourth-order valence-electron chi connectivity index (χ4n) is 4.09. The number of imidazole rings is 1. The maximum Gasteiger partial charge on any atom is 0.328 e. The van der Waals surface area contributed by atoms with Crippen molar-refractivity contribution < 1.29 is 28.6 Å². The average molecular weight is 491 g/mol. The van der Waals surface area contributed by atoms with Gasteiger partial charge in [0.2, 0.25) is 5.91 Å². The van der Waals surface area contributed by atoms with Gasteiger partial charge in [-0.15, -0.1) is 6.42 Å². The van der Waals surface area contributed by atoms with Crippen molar-refractivity contribution in [2.24, 2.45) is 0 Å². The number of rotatable bonds is 10. The van der Waals surface area contributed by atoms with Gasteiger partial charge < -0.3 is 25.6 Å². The maximum atomic E-state index is 13.8. The number of amides is 1. The van der Waals surface area contributed by atoms with Gasteiger partial charge >= 0.3 is 12.0 Å². The van der Waals surface area contributed by atoms with E-state index in [0.29, 0.717) is 6.42 Å². The summed E-state index contributed by atoms with van der Waals surface area (Å²) in [7, 11) is 0. The fraction of sp³-hybridized carbons (Fsp3) is 0.609. The van der Waals surface area contributed by atoms with E-state index in [1.54, 1.807) is 6.92 Å². The highest BCUT2D eigenvalue weighted by Gasteiger charge is 2.55. The lowest BCUT2D eigenvalue weighted by Crippen LogP contribution is -2.47. The second-order valence-electron chi connectivity index (χ2n) is 8.90. The summed E-state index contributed by atoms with van der Waals surface area (Å²) in [6.07, 6.45) is 8.81. The van der Waals surface area contributed by atoms with Crippen LogP contribution in [0.4, 0.5) is 10.2 Å². The number of esters is 1. The number of nitrogens with two attached hydrogens (primary N) is 1. The van der Waals surface area contributed by atoms with Gasteiger partial charge in [0.25, 0.3) is 0 Å². The van der Waals surface area contributed by atoms with Crippen LogP contribution in [0.2, 0.25) is 0 Å². The Morgan fingerprint density at radius 1 is 1.46 bits per heavy atom. The Morgan fingerprint density at radius 3 is 2.89 bits per heavy atom. The Labute approximate surface area is 202 Å². The second kappa shape index (κ2) is 10.5. The summed E-state index contributed by atoms with van der Waals surface area (Å²) in [5.41, 5.74) is 2.95. The molecule has 35 heavy (non-hydrogen) atoms. The highest BCUT2D eigenvalue weighted by molar-refractivity contribution is 5.84. The molecule has 190 valence electrons. The minimum absolute atomic E-state index is 0.0320. The van der Waals surface area contributed by atoms with Crippen LogP contribution in [0.25, 0.3) is 11.2 Å². The molecule has 1 amide bonds. The summed E-state index contributed by atoms with van der Waals surface area (Å²) < 4.78 is 26.6. The molecule has 0 spiro atoms. The number of ether oxygens (including phenoxy) is 2. The van der Waals surface area contributed by atoms with Gasteiger partial charge in [0.1, 0.15) is 24.5 Å². The first-order valence-electron chi connectivity index (χ1n) is 11.5. The lowest BCUT2D eigenvalue weighted by molar-refractivity contribution is -0.169. The summed E-state index contributed by atoms with van der Waals surface area (Å²) in [6.45, 7) is 4.72. The highest BCUT2D eigenvalue weighted by Crippen LogP contribution is 2.42. The number of anilines is 1. The number of nitrogens with one attached hydrogen (secondary N) is 1. The third-order valence-electron chi connectivity index (χ3n) is 6.08. The Hall–Kier alpha value is -3.30. The van der Waals surface area contributed by atoms with Gasteiger partial charge in [0, 0.05) is 12.8 Å². The summed E-state index contributed by atoms with van der Waals surface area (Å²) in [5, 5.41) is 13.4. The van der Waals surface area contributed by atoms with Crippen LogP contribution in [-0.4, -0.2) is 60.9 Å². The number of aromatic nitrogens is 4. The van der Waals surface area contributed by atoms with Crippen molar-refractivity contribution in [3.63, 3.8) is 0 Å². The molecule has 0 aliphatic carbocycles. The number of hydrogen-bond acceptors (Lipinski definition) is 9. The Kier molecular flexibility index (Phi) is 7.92. The van der Waals surface area contributed by atoms with E-state index in [-0.39, 0.29) is 29.3 Å². The SMILES string of the molecule is C#C[C@]1(COC(=O)[C@H](C)NC(=O)CCCCCC)O[C@@](C)(n2cnc3c(N)nc(F)nc32)C[C@@H]1O. The topological polar surface area (TPSA) is 154 Å². The minimum Gasteiger partial charge on any atom is -0.460 e. The number of nitrogens with zero attached hydrogens (tertiary/aromatic N) is 4. The van der Waals surface area contributed by atoms with Crippen molar-refractivity contribution in [3.8, 4) is 12.3 Å². The quantitative estimate of drug-likeness (QED) is 0.194. The Balaban J connectivity index is 1.67. The van der Waals surface area contributed by atoms with Crippen LogP contribution < -0.4 is 11.1 Å². The number of unbranched alkanes of at least 4 members (excludes halogenated alkanes) is 3. The molecule has 4 N–H and O–H groups in total. The van der Waals surface area contributed by atoms with E-state index < -0.39 is 42.1 Å². The van der Waals surface area contributed by atoms with Gasteiger partial charge in [0.15, 0.2) is 22.6 Å². The van der Waals surface area contributed by atoms with Gasteiger partial charge in [-0.25, -0.2) is 9.78 Å². The molecular formula is C23H31FN6O5. The first kappa shape index (κ1) is 26.3. The van der Waals surface area contributed by atoms with E-state index in [1.165, 1.54) is 17.8 Å². The van der Waals surface area contributed by atoms with Gasteiger partial charge in [0.05, 0.1) is 6.33 Å². The minimum atomic E-state index is -1.69. The molecular weight excluding hydrogens is 459 g/mol. The molecule has 3 rings (SSSR count). The molecule has 0 radical (unpaired) electrons. The maximum absolute atomic E-state index is 13.8. The molecule has 1 fully saturated rings. The highest BCUT2D eigenvalue weighted by atomic mass is 19.1. The smallest absolute Gasteiger partial charge is 0.328 e. The van der Waals surface area contributed by atoms with Gasteiger partial charge in [-0.3, -0.25) is 9.36 Å². The van der Waals surface area contributed by atoms with E-state index in [1.807, 2.05) is 0 Å². The number of aliphatic hydroxyl groups is 1. The van der Waals surface area contributed by atoms with E-state index in [0.717, 1.165) is 25.7 Å². The lowest BCUT2D eigenvalue weighted by Gasteiger charge is -2.30. The Morgan fingerprint density at radius 2 is 2.20 bits per heavy atom. The molecule has 1 aliphatic rings. The second-order valence-corrected chi connectivity index (χ2v) is 8.90. The summed E-state index contributed by atoms with van der Waals surface area (Å²) in [4.78, 5) is 35.8. The predicted octanol–water partition coefficient (Wildman–Crippen LogP) is 1.39. The first-order chi connectivity index (χ1) is 16.5. The molecule has 1 aliphatic heterocycles. The summed E-state index contributed by atoms with van der Waals surface area (Å²) in [5.74, 6) is 1.27. The summed E-state index contributed by atoms with van der Waals surface area (Å²) >= 11 is 0. The van der Waals surface area contributed by atoms with Crippen LogP contribution in [0, 0.1) is 18.4 Å². The molecule has 0 bridgehead atoms. The zero-order valence-corrected chi connectivity index (χ0v) is 20.1. The zero-order valence-electron chi connectivity index (χ0n) is 20.1. The number of halogens is 1. The van der Waals surface area contributed by atoms with Crippen molar-refractivity contribution in [1.29, 1.82) is 0 Å². The van der Waals surface area contributed by atoms with E-state index >= 15 is 0 Å². The molecule has 0 unspecified atom stereocenters. The predicted molar refractivity (Wildman–Crippen MR) is 124 cm³/mol. The van der Waals surface area contributed by atoms with E-state index in [4.69, 9.17) is 21.6 Å². The van der Waals surface area contributed by atoms with Crippen LogP contribution in [0.3, 0.4) is 0 Å². The molecule has 11 nitrogen and oxygen atoms in total. The average Bonchev–Trinajstić information content (AvgIpc) is 3.34. The van der Waals surface area contributed by atoms with Crippen LogP contribution in [-0.2, 0) is 24.8 Å². The molecule has 0 saturated carbocycles. The normalized spacial score (nSPS) is 24.7.